The smallest absolute Gasteiger partial charge is 0.298 e. The lowest BCUT2D eigenvalue weighted by atomic mass is 10.2. The van der Waals surface area contributed by atoms with Gasteiger partial charge in [-0.1, -0.05) is 26.5 Å². The minimum Gasteiger partial charge on any atom is -0.298 e. The second-order valence-corrected chi connectivity index (χ2v) is 4.07. The summed E-state index contributed by atoms with van der Waals surface area (Å²) in [6.45, 7) is 11.5. The number of carbonyl (C=O) groups is 3. The minimum absolute atomic E-state index is 0.0830. The van der Waals surface area contributed by atoms with Crippen molar-refractivity contribution in [1.29, 1.82) is 0 Å². The van der Waals surface area contributed by atoms with E-state index in [-0.39, 0.29) is 17.6 Å². The van der Waals surface area contributed by atoms with Crippen LogP contribution >= 0.6 is 0 Å². The van der Waals surface area contributed by atoms with Gasteiger partial charge in [0.15, 0.2) is 0 Å². The first-order chi connectivity index (χ1) is 8.79. The van der Waals surface area contributed by atoms with Crippen LogP contribution < -0.4 is 0 Å². The molecule has 6 heteroatoms. The van der Waals surface area contributed by atoms with E-state index in [0.29, 0.717) is 11.6 Å². The molecular formula is C13H19NO5. The third kappa shape index (κ3) is 6.40. The SMILES string of the molecule is C=C(C)C(=O)ON(OC(=O)C(=C)C)C(=O)CCCC. The molecule has 0 N–H and O–H groups in total. The first kappa shape index (κ1) is 16.9. The van der Waals surface area contributed by atoms with E-state index in [1.807, 2.05) is 6.92 Å². The Morgan fingerprint density at radius 2 is 1.42 bits per heavy atom. The highest BCUT2D eigenvalue weighted by Gasteiger charge is 2.23. The fourth-order valence-corrected chi connectivity index (χ4v) is 0.846. The summed E-state index contributed by atoms with van der Waals surface area (Å²) >= 11 is 0. The predicted octanol–water partition coefficient (Wildman–Crippen LogP) is 2.07. The van der Waals surface area contributed by atoms with Gasteiger partial charge in [0.2, 0.25) is 0 Å². The molecular weight excluding hydrogens is 250 g/mol. The van der Waals surface area contributed by atoms with E-state index in [4.69, 9.17) is 0 Å². The molecule has 0 atom stereocenters. The summed E-state index contributed by atoms with van der Waals surface area (Å²) in [5.74, 6) is -2.32. The average molecular weight is 269 g/mol. The molecule has 0 aromatic heterocycles. The van der Waals surface area contributed by atoms with Gasteiger partial charge in [0.25, 0.3) is 5.91 Å². The molecule has 19 heavy (non-hydrogen) atoms. The van der Waals surface area contributed by atoms with Crippen molar-refractivity contribution >= 4 is 17.8 Å². The Kier molecular flexibility index (Phi) is 7.18. The van der Waals surface area contributed by atoms with Crippen LogP contribution in [0.5, 0.6) is 0 Å². The zero-order valence-electron chi connectivity index (χ0n) is 11.5. The molecule has 0 aromatic rings. The van der Waals surface area contributed by atoms with Gasteiger partial charge < -0.3 is 0 Å². The maximum Gasteiger partial charge on any atom is 0.362 e. The Labute approximate surface area is 112 Å². The molecule has 0 saturated heterocycles. The van der Waals surface area contributed by atoms with E-state index in [2.05, 4.69) is 22.8 Å². The second kappa shape index (κ2) is 8.07. The van der Waals surface area contributed by atoms with Gasteiger partial charge in [-0.15, -0.1) is 0 Å². The predicted molar refractivity (Wildman–Crippen MR) is 68.2 cm³/mol. The molecule has 106 valence electrons. The Bertz CT molecular complexity index is 372. The van der Waals surface area contributed by atoms with E-state index in [9.17, 15) is 14.4 Å². The molecule has 0 heterocycles. The zero-order valence-corrected chi connectivity index (χ0v) is 11.5. The summed E-state index contributed by atoms with van der Waals surface area (Å²) in [5, 5.41) is 0.295. The number of rotatable bonds is 5. The van der Waals surface area contributed by atoms with Crippen LogP contribution in [-0.4, -0.2) is 23.1 Å². The van der Waals surface area contributed by atoms with Crippen molar-refractivity contribution < 1.29 is 24.1 Å². The fourth-order valence-electron chi connectivity index (χ4n) is 0.846. The molecule has 0 aliphatic rings. The van der Waals surface area contributed by atoms with Gasteiger partial charge in [-0.3, -0.25) is 14.5 Å². The van der Waals surface area contributed by atoms with Gasteiger partial charge in [0.1, 0.15) is 0 Å². The number of carbonyl (C=O) groups excluding carboxylic acids is 3. The van der Waals surface area contributed by atoms with E-state index in [1.54, 1.807) is 0 Å². The lowest BCUT2D eigenvalue weighted by Gasteiger charge is -2.19. The number of hydrogen-bond donors (Lipinski definition) is 0. The number of hydroxylamine groups is 2. The summed E-state index contributed by atoms with van der Waals surface area (Å²) in [5.41, 5.74) is 0.166. The van der Waals surface area contributed by atoms with Crippen molar-refractivity contribution in [3.63, 3.8) is 0 Å². The topological polar surface area (TPSA) is 72.9 Å². The first-order valence-electron chi connectivity index (χ1n) is 5.88. The Hall–Kier alpha value is -2.11. The molecule has 0 unspecified atom stereocenters. The molecule has 0 bridgehead atoms. The Morgan fingerprint density at radius 1 is 1.00 bits per heavy atom. The van der Waals surface area contributed by atoms with E-state index in [0.717, 1.165) is 6.42 Å². The number of unbranched alkanes of at least 4 members (excludes halogenated alkanes) is 1. The number of hydrogen-bond acceptors (Lipinski definition) is 5. The van der Waals surface area contributed by atoms with Gasteiger partial charge >= 0.3 is 11.9 Å². The molecule has 0 aromatic carbocycles. The third-order valence-electron chi connectivity index (χ3n) is 1.98. The maximum atomic E-state index is 11.7. The minimum atomic E-state index is -0.848. The van der Waals surface area contributed by atoms with Gasteiger partial charge in [-0.25, -0.2) is 9.59 Å². The highest BCUT2D eigenvalue weighted by Crippen LogP contribution is 2.07. The van der Waals surface area contributed by atoms with Crippen LogP contribution in [0.4, 0.5) is 0 Å². The largest absolute Gasteiger partial charge is 0.362 e. The molecule has 1 amide bonds. The molecule has 0 rings (SSSR count). The lowest BCUT2D eigenvalue weighted by Crippen LogP contribution is -2.36. The molecule has 0 aliphatic heterocycles. The van der Waals surface area contributed by atoms with Crippen molar-refractivity contribution in [1.82, 2.24) is 5.23 Å². The summed E-state index contributed by atoms with van der Waals surface area (Å²) in [7, 11) is 0. The highest BCUT2D eigenvalue weighted by atomic mass is 17.0. The summed E-state index contributed by atoms with van der Waals surface area (Å²) in [6, 6.07) is 0. The standard InChI is InChI=1S/C13H19NO5/c1-6-7-8-11(15)14(18-12(16)9(2)3)19-13(17)10(4)5/h2,4,6-8H2,1,3,5H3. The number of amides is 1. The maximum absolute atomic E-state index is 11.7. The Balaban J connectivity index is 4.77. The van der Waals surface area contributed by atoms with Gasteiger partial charge in [-0.05, 0) is 20.3 Å². The van der Waals surface area contributed by atoms with Crippen LogP contribution in [0.25, 0.3) is 0 Å². The van der Waals surface area contributed by atoms with Crippen molar-refractivity contribution in [3.8, 4) is 0 Å². The van der Waals surface area contributed by atoms with Crippen LogP contribution in [0.3, 0.4) is 0 Å². The molecule has 0 spiro atoms. The van der Waals surface area contributed by atoms with E-state index >= 15 is 0 Å². The molecule has 0 radical (unpaired) electrons. The molecule has 0 saturated carbocycles. The van der Waals surface area contributed by atoms with Crippen LogP contribution in [-0.2, 0) is 24.1 Å². The van der Waals surface area contributed by atoms with Crippen molar-refractivity contribution in [2.24, 2.45) is 0 Å². The second-order valence-electron chi connectivity index (χ2n) is 4.07. The third-order valence-corrected chi connectivity index (χ3v) is 1.98. The van der Waals surface area contributed by atoms with Crippen LogP contribution in [0.2, 0.25) is 0 Å². The van der Waals surface area contributed by atoms with Crippen molar-refractivity contribution in [2.75, 3.05) is 0 Å². The summed E-state index contributed by atoms with van der Waals surface area (Å²) < 4.78 is 0. The lowest BCUT2D eigenvalue weighted by molar-refractivity contribution is -0.302. The van der Waals surface area contributed by atoms with Gasteiger partial charge in [0.05, 0.1) is 0 Å². The molecule has 0 fully saturated rings. The molecule has 6 nitrogen and oxygen atoms in total. The molecule has 0 aliphatic carbocycles. The monoisotopic (exact) mass is 269 g/mol. The Morgan fingerprint density at radius 3 is 1.74 bits per heavy atom. The first-order valence-corrected chi connectivity index (χ1v) is 5.88. The number of nitrogens with zero attached hydrogens (tertiary/aromatic N) is 1. The van der Waals surface area contributed by atoms with Gasteiger partial charge in [-0.2, -0.15) is 0 Å². The normalized spacial score (nSPS) is 9.42. The van der Waals surface area contributed by atoms with Crippen LogP contribution in [0.15, 0.2) is 24.3 Å². The quantitative estimate of drug-likeness (QED) is 0.564. The fraction of sp³-hybridized carbons (Fsp3) is 0.462. The summed E-state index contributed by atoms with van der Waals surface area (Å²) in [4.78, 5) is 43.7. The summed E-state index contributed by atoms with van der Waals surface area (Å²) in [6.07, 6.45) is 1.47. The van der Waals surface area contributed by atoms with Crippen molar-refractivity contribution in [2.45, 2.75) is 40.0 Å². The highest BCUT2D eigenvalue weighted by molar-refractivity contribution is 5.90. The van der Waals surface area contributed by atoms with Crippen LogP contribution in [0, 0.1) is 0 Å². The van der Waals surface area contributed by atoms with Gasteiger partial charge in [0, 0.05) is 22.8 Å². The van der Waals surface area contributed by atoms with Crippen molar-refractivity contribution in [3.05, 3.63) is 24.3 Å². The van der Waals surface area contributed by atoms with Crippen LogP contribution in [0.1, 0.15) is 40.0 Å². The van der Waals surface area contributed by atoms with E-state index in [1.165, 1.54) is 13.8 Å². The average Bonchev–Trinajstić information content (AvgIpc) is 2.34. The van der Waals surface area contributed by atoms with E-state index < -0.39 is 17.8 Å². The zero-order chi connectivity index (χ0) is 15.0.